The second-order valence-electron chi connectivity index (χ2n) is 8.61. The van der Waals surface area contributed by atoms with Crippen LogP contribution in [0.3, 0.4) is 0 Å². The topological polar surface area (TPSA) is 75.3 Å². The molecule has 4 aromatic rings. The molecule has 0 aliphatic rings. The summed E-state index contributed by atoms with van der Waals surface area (Å²) in [6.45, 7) is 1.97. The number of amides is 2. The SMILES string of the molecule is Cc1ccc(/C=C(\NC(=O)c2ccccc2)C(=O)Nc2cccc(SCC(=O)c3ccc(Cl)cc3Cl)c2)cc1. The van der Waals surface area contributed by atoms with Gasteiger partial charge in [-0.05, 0) is 67.1 Å². The normalized spacial score (nSPS) is 11.1. The van der Waals surface area contributed by atoms with Crippen LogP contribution in [0.4, 0.5) is 5.69 Å². The number of aryl methyl sites for hydroxylation is 1. The molecule has 0 spiro atoms. The number of Topliss-reactive ketones (excluding diaryl/α,β-unsaturated/α-hetero) is 1. The van der Waals surface area contributed by atoms with Crippen LogP contribution in [0, 0.1) is 6.92 Å². The molecule has 2 N–H and O–H groups in total. The summed E-state index contributed by atoms with van der Waals surface area (Å²) in [4.78, 5) is 39.6. The standard InChI is InChI=1S/C31H24Cl2N2O3S/c1-20-10-12-21(13-11-20)16-28(35-30(37)22-6-3-2-4-7-22)31(38)34-24-8-5-9-25(18-24)39-19-29(36)26-15-14-23(32)17-27(26)33/h2-18H,19H2,1H3,(H,34,38)(H,35,37)/b28-16-. The Morgan fingerprint density at radius 1 is 0.846 bits per heavy atom. The van der Waals surface area contributed by atoms with E-state index in [-0.39, 0.29) is 17.2 Å². The maximum atomic E-state index is 13.3. The van der Waals surface area contributed by atoms with Crippen molar-refractivity contribution in [2.24, 2.45) is 0 Å². The van der Waals surface area contributed by atoms with Crippen LogP contribution in [-0.2, 0) is 4.79 Å². The van der Waals surface area contributed by atoms with Gasteiger partial charge in [-0.25, -0.2) is 0 Å². The summed E-state index contributed by atoms with van der Waals surface area (Å²) in [5.41, 5.74) is 3.30. The summed E-state index contributed by atoms with van der Waals surface area (Å²) in [6.07, 6.45) is 1.63. The highest BCUT2D eigenvalue weighted by Gasteiger charge is 2.16. The van der Waals surface area contributed by atoms with E-state index in [1.54, 1.807) is 60.7 Å². The van der Waals surface area contributed by atoms with Crippen LogP contribution in [0.15, 0.2) is 108 Å². The number of carbonyl (C=O) groups excluding carboxylic acids is 3. The highest BCUT2D eigenvalue weighted by molar-refractivity contribution is 8.00. The quantitative estimate of drug-likeness (QED) is 0.122. The number of benzene rings is 4. The Kier molecular flexibility index (Phi) is 9.60. The number of hydrogen-bond donors (Lipinski definition) is 2. The lowest BCUT2D eigenvalue weighted by atomic mass is 10.1. The first kappa shape index (κ1) is 28.2. The zero-order valence-corrected chi connectivity index (χ0v) is 23.2. The lowest BCUT2D eigenvalue weighted by Crippen LogP contribution is -2.30. The van der Waals surface area contributed by atoms with Crippen molar-refractivity contribution in [3.63, 3.8) is 0 Å². The summed E-state index contributed by atoms with van der Waals surface area (Å²) in [7, 11) is 0. The van der Waals surface area contributed by atoms with Crippen LogP contribution in [0.1, 0.15) is 31.8 Å². The fourth-order valence-corrected chi connectivity index (χ4v) is 4.93. The van der Waals surface area contributed by atoms with Gasteiger partial charge in [0.25, 0.3) is 11.8 Å². The number of rotatable bonds is 9. The highest BCUT2D eigenvalue weighted by atomic mass is 35.5. The van der Waals surface area contributed by atoms with Gasteiger partial charge in [0.15, 0.2) is 5.78 Å². The van der Waals surface area contributed by atoms with Crippen LogP contribution in [0.2, 0.25) is 10.0 Å². The molecule has 5 nitrogen and oxygen atoms in total. The molecule has 39 heavy (non-hydrogen) atoms. The predicted molar refractivity (Wildman–Crippen MR) is 160 cm³/mol. The first-order valence-electron chi connectivity index (χ1n) is 12.0. The number of hydrogen-bond acceptors (Lipinski definition) is 4. The van der Waals surface area contributed by atoms with Crippen molar-refractivity contribution in [3.8, 4) is 0 Å². The summed E-state index contributed by atoms with van der Waals surface area (Å²) in [6, 6.07) is 28.2. The molecule has 0 radical (unpaired) electrons. The van der Waals surface area contributed by atoms with Crippen LogP contribution in [0.25, 0.3) is 6.08 Å². The van der Waals surface area contributed by atoms with Gasteiger partial charge in [0.1, 0.15) is 5.70 Å². The van der Waals surface area contributed by atoms with Crippen molar-refractivity contribution in [2.45, 2.75) is 11.8 Å². The van der Waals surface area contributed by atoms with Gasteiger partial charge < -0.3 is 10.6 Å². The van der Waals surface area contributed by atoms with Crippen molar-refractivity contribution in [1.29, 1.82) is 0 Å². The fraction of sp³-hybridized carbons (Fsp3) is 0.0645. The third-order valence-corrected chi connectivity index (χ3v) is 7.15. The van der Waals surface area contributed by atoms with Gasteiger partial charge in [0.05, 0.1) is 10.8 Å². The van der Waals surface area contributed by atoms with Gasteiger partial charge in [-0.2, -0.15) is 0 Å². The first-order chi connectivity index (χ1) is 18.8. The van der Waals surface area contributed by atoms with Gasteiger partial charge in [-0.3, -0.25) is 14.4 Å². The van der Waals surface area contributed by atoms with Gasteiger partial charge >= 0.3 is 0 Å². The van der Waals surface area contributed by atoms with E-state index in [1.807, 2.05) is 43.3 Å². The average Bonchev–Trinajstić information content (AvgIpc) is 2.93. The van der Waals surface area contributed by atoms with Gasteiger partial charge in [-0.1, -0.05) is 77.3 Å². The van der Waals surface area contributed by atoms with Crippen molar-refractivity contribution < 1.29 is 14.4 Å². The molecule has 0 saturated carbocycles. The smallest absolute Gasteiger partial charge is 0.272 e. The van der Waals surface area contributed by atoms with Gasteiger partial charge in [0, 0.05) is 26.7 Å². The number of ketones is 1. The molecular weight excluding hydrogens is 551 g/mol. The van der Waals surface area contributed by atoms with E-state index in [0.29, 0.717) is 26.9 Å². The summed E-state index contributed by atoms with van der Waals surface area (Å²) >= 11 is 13.4. The molecule has 0 unspecified atom stereocenters. The van der Waals surface area contributed by atoms with Crippen LogP contribution < -0.4 is 10.6 Å². The molecule has 2 amide bonds. The van der Waals surface area contributed by atoms with Crippen molar-refractivity contribution in [1.82, 2.24) is 5.32 Å². The molecule has 0 atom stereocenters. The molecule has 0 bridgehead atoms. The molecule has 196 valence electrons. The number of anilines is 1. The molecule has 8 heteroatoms. The molecule has 0 heterocycles. The molecule has 4 aromatic carbocycles. The highest BCUT2D eigenvalue weighted by Crippen LogP contribution is 2.26. The van der Waals surface area contributed by atoms with Crippen molar-refractivity contribution >= 4 is 64.3 Å². The Hall–Kier alpha value is -3.84. The molecule has 4 rings (SSSR count). The predicted octanol–water partition coefficient (Wildman–Crippen LogP) is 7.69. The Morgan fingerprint density at radius 3 is 2.31 bits per heavy atom. The third-order valence-electron chi connectivity index (χ3n) is 5.61. The van der Waals surface area contributed by atoms with E-state index in [2.05, 4.69) is 10.6 Å². The first-order valence-corrected chi connectivity index (χ1v) is 13.7. The third kappa shape index (κ3) is 8.07. The minimum absolute atomic E-state index is 0.0957. The maximum Gasteiger partial charge on any atom is 0.272 e. The van der Waals surface area contributed by atoms with E-state index in [4.69, 9.17) is 23.2 Å². The Balaban J connectivity index is 1.49. The fourth-order valence-electron chi connectivity index (χ4n) is 3.58. The summed E-state index contributed by atoms with van der Waals surface area (Å²) in [5.74, 6) is -0.855. The lowest BCUT2D eigenvalue weighted by molar-refractivity contribution is -0.113. The zero-order chi connectivity index (χ0) is 27.8. The monoisotopic (exact) mass is 574 g/mol. The van der Waals surface area contributed by atoms with Gasteiger partial charge in [0.2, 0.25) is 0 Å². The molecule has 0 fully saturated rings. The van der Waals surface area contributed by atoms with E-state index >= 15 is 0 Å². The van der Waals surface area contributed by atoms with Crippen LogP contribution in [0.5, 0.6) is 0 Å². The van der Waals surface area contributed by atoms with E-state index < -0.39 is 11.8 Å². The number of thioether (sulfide) groups is 1. The largest absolute Gasteiger partial charge is 0.321 e. The summed E-state index contributed by atoms with van der Waals surface area (Å²) in [5, 5.41) is 6.35. The molecule has 0 aliphatic carbocycles. The summed E-state index contributed by atoms with van der Waals surface area (Å²) < 4.78 is 0. The minimum Gasteiger partial charge on any atom is -0.321 e. The van der Waals surface area contributed by atoms with Crippen molar-refractivity contribution in [3.05, 3.63) is 135 Å². The Bertz CT molecular complexity index is 1540. The molecular formula is C31H24Cl2N2O3S. The lowest BCUT2D eigenvalue weighted by Gasteiger charge is -2.12. The number of halogens is 2. The second kappa shape index (κ2) is 13.3. The van der Waals surface area contributed by atoms with Crippen molar-refractivity contribution in [2.75, 3.05) is 11.1 Å². The second-order valence-corrected chi connectivity index (χ2v) is 10.5. The van der Waals surface area contributed by atoms with Gasteiger partial charge in [-0.15, -0.1) is 11.8 Å². The molecule has 0 saturated heterocycles. The molecule has 0 aliphatic heterocycles. The number of nitrogens with one attached hydrogen (secondary N) is 2. The van der Waals surface area contributed by atoms with E-state index in [0.717, 1.165) is 16.0 Å². The maximum absolute atomic E-state index is 13.3. The van der Waals surface area contributed by atoms with Crippen LogP contribution in [-0.4, -0.2) is 23.4 Å². The van der Waals surface area contributed by atoms with Crippen LogP contribution >= 0.6 is 35.0 Å². The minimum atomic E-state index is -0.481. The Labute approximate surface area is 241 Å². The Morgan fingerprint density at radius 2 is 1.59 bits per heavy atom. The average molecular weight is 576 g/mol. The number of carbonyl (C=O) groups is 3. The molecule has 0 aromatic heterocycles. The van der Waals surface area contributed by atoms with E-state index in [9.17, 15) is 14.4 Å². The zero-order valence-electron chi connectivity index (χ0n) is 20.9. The van der Waals surface area contributed by atoms with E-state index in [1.165, 1.54) is 17.8 Å².